The Bertz CT molecular complexity index is 688. The van der Waals surface area contributed by atoms with Crippen LogP contribution in [0.1, 0.15) is 39.6 Å². The van der Waals surface area contributed by atoms with Gasteiger partial charge in [-0.2, -0.15) is 0 Å². The molecule has 0 spiro atoms. The fraction of sp³-hybridized carbons (Fsp3) is 0.333. The number of aldehydes is 2. The fourth-order valence-electron chi connectivity index (χ4n) is 2.32. The maximum atomic E-state index is 11.1. The summed E-state index contributed by atoms with van der Waals surface area (Å²) in [7, 11) is 0. The van der Waals surface area contributed by atoms with E-state index in [1.807, 2.05) is 44.2 Å². The first-order valence-electron chi connectivity index (χ1n) is 8.43. The maximum absolute atomic E-state index is 11.1. The number of hydrogen-bond donors (Lipinski definition) is 3. The summed E-state index contributed by atoms with van der Waals surface area (Å²) in [5.41, 5.74) is 3.13. The molecule has 0 aliphatic carbocycles. The van der Waals surface area contributed by atoms with Gasteiger partial charge in [-0.05, 0) is 42.2 Å². The summed E-state index contributed by atoms with van der Waals surface area (Å²) in [6, 6.07) is 13.1. The summed E-state index contributed by atoms with van der Waals surface area (Å²) in [6.45, 7) is 3.18. The van der Waals surface area contributed by atoms with Gasteiger partial charge in [0.05, 0.1) is 19.8 Å². The molecule has 0 unspecified atom stereocenters. The molecule has 0 heterocycles. The minimum absolute atomic E-state index is 0.156. The summed E-state index contributed by atoms with van der Waals surface area (Å²) in [5, 5.41) is 26.0. The Morgan fingerprint density at radius 3 is 1.81 bits per heavy atom. The van der Waals surface area contributed by atoms with Crippen molar-refractivity contribution in [3.63, 3.8) is 0 Å². The van der Waals surface area contributed by atoms with Gasteiger partial charge < -0.3 is 15.3 Å². The Morgan fingerprint density at radius 2 is 1.42 bits per heavy atom. The van der Waals surface area contributed by atoms with E-state index < -0.39 is 5.41 Å². The van der Waals surface area contributed by atoms with E-state index in [0.29, 0.717) is 17.5 Å². The Balaban J connectivity index is 0.000000321. The van der Waals surface area contributed by atoms with Crippen LogP contribution in [-0.2, 0) is 0 Å². The van der Waals surface area contributed by atoms with E-state index in [1.165, 1.54) is 0 Å². The molecule has 5 heteroatoms. The van der Waals surface area contributed by atoms with Crippen LogP contribution in [0.4, 0.5) is 0 Å². The number of aryl methyl sites for hydroxylation is 1. The number of hydrogen-bond acceptors (Lipinski definition) is 5. The van der Waals surface area contributed by atoms with E-state index in [9.17, 15) is 9.59 Å². The highest BCUT2D eigenvalue weighted by atomic mass is 16.3. The monoisotopic (exact) mass is 358 g/mol. The maximum Gasteiger partial charge on any atom is 0.150 e. The third-order valence-electron chi connectivity index (χ3n) is 4.53. The van der Waals surface area contributed by atoms with Gasteiger partial charge in [0, 0.05) is 16.5 Å². The molecule has 0 radical (unpaired) electrons. The SMILES string of the molecule is CCC(CO)(CO)CO.Cc1cc(C=O)c(-c2ccccc2)cc1C=O. The van der Waals surface area contributed by atoms with Crippen LogP contribution in [0.2, 0.25) is 0 Å². The predicted octanol–water partition coefficient (Wildman–Crippen LogP) is 2.65. The summed E-state index contributed by atoms with van der Waals surface area (Å²) < 4.78 is 0. The number of rotatable bonds is 7. The quantitative estimate of drug-likeness (QED) is 0.662. The zero-order valence-corrected chi connectivity index (χ0v) is 15.2. The lowest BCUT2D eigenvalue weighted by Crippen LogP contribution is -2.32. The number of aliphatic hydroxyl groups excluding tert-OH is 3. The van der Waals surface area contributed by atoms with Gasteiger partial charge in [-0.1, -0.05) is 37.3 Å². The average molecular weight is 358 g/mol. The molecular weight excluding hydrogens is 332 g/mol. The molecule has 2 aromatic carbocycles. The first-order valence-corrected chi connectivity index (χ1v) is 8.43. The lowest BCUT2D eigenvalue weighted by atomic mass is 9.88. The van der Waals surface area contributed by atoms with Crippen LogP contribution in [0.25, 0.3) is 11.1 Å². The van der Waals surface area contributed by atoms with Crippen LogP contribution >= 0.6 is 0 Å². The summed E-state index contributed by atoms with van der Waals surface area (Å²) in [4.78, 5) is 22.0. The molecular formula is C21H26O5. The molecule has 0 aromatic heterocycles. The molecule has 0 amide bonds. The van der Waals surface area contributed by atoms with E-state index in [1.54, 1.807) is 12.1 Å². The number of benzene rings is 2. The van der Waals surface area contributed by atoms with Gasteiger partial charge in [-0.3, -0.25) is 9.59 Å². The molecule has 2 rings (SSSR count). The van der Waals surface area contributed by atoms with Gasteiger partial charge in [-0.15, -0.1) is 0 Å². The third-order valence-corrected chi connectivity index (χ3v) is 4.53. The fourth-order valence-corrected chi connectivity index (χ4v) is 2.32. The minimum Gasteiger partial charge on any atom is -0.396 e. The smallest absolute Gasteiger partial charge is 0.150 e. The first-order chi connectivity index (χ1) is 12.5. The van der Waals surface area contributed by atoms with Crippen molar-refractivity contribution in [1.82, 2.24) is 0 Å². The van der Waals surface area contributed by atoms with Crippen LogP contribution in [-0.4, -0.2) is 47.7 Å². The van der Waals surface area contributed by atoms with Crippen LogP contribution in [0.3, 0.4) is 0 Å². The standard InChI is InChI=1S/C15H12O2.C6H14O3/c1-11-7-14(10-17)15(8-13(11)9-16)12-5-3-2-4-6-12;1-2-6(3-7,4-8)5-9/h2-10H,1H3;7-9H,2-5H2,1H3. The average Bonchev–Trinajstić information content (AvgIpc) is 2.71. The predicted molar refractivity (Wildman–Crippen MR) is 101 cm³/mol. The number of aliphatic hydroxyl groups is 3. The molecule has 0 saturated carbocycles. The molecule has 3 N–H and O–H groups in total. The summed E-state index contributed by atoms with van der Waals surface area (Å²) in [6.07, 6.45) is 2.23. The molecule has 0 aliphatic rings. The summed E-state index contributed by atoms with van der Waals surface area (Å²) >= 11 is 0. The van der Waals surface area contributed by atoms with Crippen LogP contribution < -0.4 is 0 Å². The van der Waals surface area contributed by atoms with Gasteiger partial charge >= 0.3 is 0 Å². The van der Waals surface area contributed by atoms with Crippen molar-refractivity contribution in [1.29, 1.82) is 0 Å². The van der Waals surface area contributed by atoms with Crippen LogP contribution in [0, 0.1) is 12.3 Å². The molecule has 140 valence electrons. The highest BCUT2D eigenvalue weighted by Crippen LogP contribution is 2.25. The molecule has 0 saturated heterocycles. The van der Waals surface area contributed by atoms with Crippen molar-refractivity contribution in [2.24, 2.45) is 5.41 Å². The number of carbonyl (C=O) groups is 2. The van der Waals surface area contributed by atoms with Gasteiger partial charge in [0.1, 0.15) is 6.29 Å². The highest BCUT2D eigenvalue weighted by Gasteiger charge is 2.24. The Hall–Kier alpha value is -2.34. The van der Waals surface area contributed by atoms with E-state index in [-0.39, 0.29) is 19.8 Å². The molecule has 2 aromatic rings. The van der Waals surface area contributed by atoms with Gasteiger partial charge in [0.15, 0.2) is 6.29 Å². The zero-order valence-electron chi connectivity index (χ0n) is 15.2. The van der Waals surface area contributed by atoms with E-state index in [0.717, 1.165) is 29.3 Å². The molecule has 5 nitrogen and oxygen atoms in total. The molecule has 0 atom stereocenters. The van der Waals surface area contributed by atoms with Crippen molar-refractivity contribution < 1.29 is 24.9 Å². The molecule has 0 aliphatic heterocycles. The van der Waals surface area contributed by atoms with Gasteiger partial charge in [0.25, 0.3) is 0 Å². The molecule has 0 bridgehead atoms. The van der Waals surface area contributed by atoms with Crippen LogP contribution in [0.5, 0.6) is 0 Å². The second-order valence-corrected chi connectivity index (χ2v) is 6.23. The topological polar surface area (TPSA) is 94.8 Å². The van der Waals surface area contributed by atoms with Crippen molar-refractivity contribution in [2.45, 2.75) is 20.3 Å². The second-order valence-electron chi connectivity index (χ2n) is 6.23. The molecule has 0 fully saturated rings. The van der Waals surface area contributed by atoms with Crippen molar-refractivity contribution in [3.8, 4) is 11.1 Å². The molecule has 26 heavy (non-hydrogen) atoms. The van der Waals surface area contributed by atoms with Crippen molar-refractivity contribution in [3.05, 3.63) is 59.2 Å². The first kappa shape index (κ1) is 21.7. The minimum atomic E-state index is -0.667. The Labute approximate surface area is 153 Å². The second kappa shape index (κ2) is 10.6. The van der Waals surface area contributed by atoms with Crippen LogP contribution in [0.15, 0.2) is 42.5 Å². The van der Waals surface area contributed by atoms with E-state index >= 15 is 0 Å². The lowest BCUT2D eigenvalue weighted by Gasteiger charge is -2.24. The Kier molecular flexibility index (Phi) is 8.85. The zero-order chi connectivity index (χ0) is 19.6. The normalized spacial score (nSPS) is 10.7. The van der Waals surface area contributed by atoms with Crippen molar-refractivity contribution >= 4 is 12.6 Å². The van der Waals surface area contributed by atoms with Gasteiger partial charge in [-0.25, -0.2) is 0 Å². The summed E-state index contributed by atoms with van der Waals surface area (Å²) in [5.74, 6) is 0. The van der Waals surface area contributed by atoms with Gasteiger partial charge in [0.2, 0.25) is 0 Å². The number of carbonyl (C=O) groups excluding carboxylic acids is 2. The Morgan fingerprint density at radius 1 is 0.885 bits per heavy atom. The largest absolute Gasteiger partial charge is 0.396 e. The van der Waals surface area contributed by atoms with Crippen molar-refractivity contribution in [2.75, 3.05) is 19.8 Å². The lowest BCUT2D eigenvalue weighted by molar-refractivity contribution is 0.00304. The van der Waals surface area contributed by atoms with E-state index in [2.05, 4.69) is 0 Å². The van der Waals surface area contributed by atoms with E-state index in [4.69, 9.17) is 15.3 Å². The third kappa shape index (κ3) is 5.33. The highest BCUT2D eigenvalue weighted by molar-refractivity contribution is 5.91.